The molecule has 1 aliphatic heterocycles. The summed E-state index contributed by atoms with van der Waals surface area (Å²) in [6, 6.07) is -0.250. The maximum Gasteiger partial charge on any atom is 0.334 e. The molecule has 6 heteroatoms. The Morgan fingerprint density at radius 1 is 1.47 bits per heavy atom. The van der Waals surface area contributed by atoms with Gasteiger partial charge in [-0.15, -0.1) is 0 Å². The van der Waals surface area contributed by atoms with Gasteiger partial charge in [0.25, 0.3) is 0 Å². The number of rotatable bonds is 4. The quantitative estimate of drug-likeness (QED) is 0.467. The molecule has 1 amide bonds. The van der Waals surface area contributed by atoms with Gasteiger partial charge in [0.2, 0.25) is 5.91 Å². The third kappa shape index (κ3) is 3.85. The lowest BCUT2D eigenvalue weighted by molar-refractivity contribution is -0.146. The topological polar surface area (TPSA) is 98.7 Å². The highest BCUT2D eigenvalue weighted by Crippen LogP contribution is 2.06. The van der Waals surface area contributed by atoms with Crippen molar-refractivity contribution in [3.63, 3.8) is 0 Å². The third-order valence-electron chi connectivity index (χ3n) is 2.38. The average molecular weight is 216 g/mol. The van der Waals surface area contributed by atoms with E-state index in [1.54, 1.807) is 0 Å². The van der Waals surface area contributed by atoms with Gasteiger partial charge >= 0.3 is 5.97 Å². The Kier molecular flexibility index (Phi) is 4.51. The van der Waals surface area contributed by atoms with E-state index >= 15 is 0 Å². The van der Waals surface area contributed by atoms with Crippen LogP contribution in [0.5, 0.6) is 0 Å². The van der Waals surface area contributed by atoms with Crippen molar-refractivity contribution in [2.75, 3.05) is 13.1 Å². The van der Waals surface area contributed by atoms with Crippen molar-refractivity contribution in [3.8, 4) is 0 Å². The highest BCUT2D eigenvalue weighted by Gasteiger charge is 2.21. The number of amides is 1. The number of carboxylic acid groups (broad SMARTS) is 1. The molecule has 86 valence electrons. The number of aliphatic carboxylic acids is 1. The van der Waals surface area contributed by atoms with Gasteiger partial charge in [-0.1, -0.05) is 6.42 Å². The first-order valence-electron chi connectivity index (χ1n) is 5.03. The van der Waals surface area contributed by atoms with Gasteiger partial charge in [-0.3, -0.25) is 4.79 Å². The van der Waals surface area contributed by atoms with Crippen LogP contribution in [0.1, 0.15) is 19.3 Å². The van der Waals surface area contributed by atoms with Gasteiger partial charge in [-0.05, 0) is 19.4 Å². The van der Waals surface area contributed by atoms with Crippen molar-refractivity contribution in [2.24, 2.45) is 0 Å². The molecule has 1 heterocycles. The summed E-state index contributed by atoms with van der Waals surface area (Å²) in [6.45, 7) is 0.561. The summed E-state index contributed by atoms with van der Waals surface area (Å²) in [7, 11) is 0. The highest BCUT2D eigenvalue weighted by molar-refractivity contribution is 5.82. The molecule has 4 N–H and O–H groups in total. The normalized spacial score (nSPS) is 23.1. The molecular weight excluding hydrogens is 200 g/mol. The number of aliphatic hydroxyl groups is 1. The van der Waals surface area contributed by atoms with Crippen molar-refractivity contribution in [2.45, 2.75) is 31.4 Å². The molecule has 0 aromatic rings. The fraction of sp³-hybridized carbons (Fsp3) is 0.778. The van der Waals surface area contributed by atoms with E-state index in [-0.39, 0.29) is 18.5 Å². The van der Waals surface area contributed by atoms with Gasteiger partial charge in [0.15, 0.2) is 6.10 Å². The zero-order valence-electron chi connectivity index (χ0n) is 8.40. The number of piperidine rings is 1. The smallest absolute Gasteiger partial charge is 0.334 e. The summed E-state index contributed by atoms with van der Waals surface area (Å²) in [6.07, 6.45) is 1.28. The van der Waals surface area contributed by atoms with Crippen LogP contribution >= 0.6 is 0 Å². The molecule has 0 aliphatic carbocycles. The molecular formula is C9H16N2O4. The molecule has 0 spiro atoms. The minimum atomic E-state index is -1.53. The summed E-state index contributed by atoms with van der Waals surface area (Å²) < 4.78 is 0. The molecule has 1 rings (SSSR count). The van der Waals surface area contributed by atoms with Gasteiger partial charge in [-0.2, -0.15) is 0 Å². The SMILES string of the molecule is O=C(O)C(O)CNC(=O)[C@H]1CCCCN1. The van der Waals surface area contributed by atoms with Crippen LogP contribution in [0.25, 0.3) is 0 Å². The summed E-state index contributed by atoms with van der Waals surface area (Å²) in [5.41, 5.74) is 0. The number of hydrogen-bond acceptors (Lipinski definition) is 4. The maximum atomic E-state index is 11.4. The van der Waals surface area contributed by atoms with Crippen LogP contribution in [0.4, 0.5) is 0 Å². The molecule has 1 saturated heterocycles. The lowest BCUT2D eigenvalue weighted by Gasteiger charge is -2.22. The van der Waals surface area contributed by atoms with E-state index in [0.717, 1.165) is 25.8 Å². The Bertz CT molecular complexity index is 238. The van der Waals surface area contributed by atoms with E-state index in [1.165, 1.54) is 0 Å². The van der Waals surface area contributed by atoms with Gasteiger partial charge in [0.05, 0.1) is 12.6 Å². The Morgan fingerprint density at radius 2 is 2.20 bits per heavy atom. The second-order valence-electron chi connectivity index (χ2n) is 3.60. The van der Waals surface area contributed by atoms with E-state index < -0.39 is 12.1 Å². The fourth-order valence-electron chi connectivity index (χ4n) is 1.48. The van der Waals surface area contributed by atoms with E-state index in [2.05, 4.69) is 10.6 Å². The number of nitrogens with one attached hydrogen (secondary N) is 2. The molecule has 0 aromatic heterocycles. The van der Waals surface area contributed by atoms with Gasteiger partial charge < -0.3 is 20.8 Å². The van der Waals surface area contributed by atoms with E-state index in [1.807, 2.05) is 0 Å². The molecule has 0 saturated carbocycles. The zero-order valence-corrected chi connectivity index (χ0v) is 8.40. The first kappa shape index (κ1) is 11.9. The second kappa shape index (κ2) is 5.67. The summed E-state index contributed by atoms with van der Waals surface area (Å²) >= 11 is 0. The highest BCUT2D eigenvalue weighted by atomic mass is 16.4. The van der Waals surface area contributed by atoms with Crippen molar-refractivity contribution in [1.29, 1.82) is 0 Å². The van der Waals surface area contributed by atoms with Crippen molar-refractivity contribution in [3.05, 3.63) is 0 Å². The lowest BCUT2D eigenvalue weighted by atomic mass is 10.0. The van der Waals surface area contributed by atoms with Gasteiger partial charge in [0.1, 0.15) is 0 Å². The standard InChI is InChI=1S/C9H16N2O4/c12-7(9(14)15)5-11-8(13)6-3-1-2-4-10-6/h6-7,10,12H,1-5H2,(H,11,13)(H,14,15)/t6-,7?/m1/s1. The van der Waals surface area contributed by atoms with E-state index in [0.29, 0.717) is 0 Å². The van der Waals surface area contributed by atoms with Gasteiger partial charge in [0, 0.05) is 0 Å². The number of hydrogen-bond donors (Lipinski definition) is 4. The molecule has 2 atom stereocenters. The Balaban J connectivity index is 2.25. The Labute approximate surface area is 87.7 Å². The van der Waals surface area contributed by atoms with Crippen molar-refractivity contribution in [1.82, 2.24) is 10.6 Å². The van der Waals surface area contributed by atoms with E-state index in [4.69, 9.17) is 10.2 Å². The number of aliphatic hydroxyl groups excluding tert-OH is 1. The summed E-state index contributed by atoms with van der Waals surface area (Å²) in [5, 5.41) is 22.8. The van der Waals surface area contributed by atoms with Crippen LogP contribution < -0.4 is 10.6 Å². The van der Waals surface area contributed by atoms with Crippen LogP contribution in [0.2, 0.25) is 0 Å². The predicted molar refractivity (Wildman–Crippen MR) is 52.3 cm³/mol. The molecule has 6 nitrogen and oxygen atoms in total. The third-order valence-corrected chi connectivity index (χ3v) is 2.38. The first-order chi connectivity index (χ1) is 7.11. The largest absolute Gasteiger partial charge is 0.479 e. The number of carbonyl (C=O) groups is 2. The van der Waals surface area contributed by atoms with Crippen molar-refractivity contribution < 1.29 is 19.8 Å². The monoisotopic (exact) mass is 216 g/mol. The van der Waals surface area contributed by atoms with Crippen LogP contribution in [-0.4, -0.2) is 47.3 Å². The lowest BCUT2D eigenvalue weighted by Crippen LogP contribution is -2.49. The summed E-state index contributed by atoms with van der Waals surface area (Å²) in [5.74, 6) is -1.57. The second-order valence-corrected chi connectivity index (χ2v) is 3.60. The maximum absolute atomic E-state index is 11.4. The van der Waals surface area contributed by atoms with Crippen LogP contribution in [0.15, 0.2) is 0 Å². The first-order valence-corrected chi connectivity index (χ1v) is 5.03. The molecule has 1 aliphatic rings. The molecule has 0 radical (unpaired) electrons. The minimum Gasteiger partial charge on any atom is -0.479 e. The zero-order chi connectivity index (χ0) is 11.3. The summed E-state index contributed by atoms with van der Waals surface area (Å²) in [4.78, 5) is 21.7. The predicted octanol–water partition coefficient (Wildman–Crippen LogP) is -1.31. The Hall–Kier alpha value is -1.14. The Morgan fingerprint density at radius 3 is 2.73 bits per heavy atom. The van der Waals surface area contributed by atoms with Crippen molar-refractivity contribution >= 4 is 11.9 Å². The average Bonchev–Trinajstić information content (AvgIpc) is 2.26. The molecule has 0 bridgehead atoms. The molecule has 15 heavy (non-hydrogen) atoms. The van der Waals surface area contributed by atoms with Crippen LogP contribution in [0, 0.1) is 0 Å². The van der Waals surface area contributed by atoms with Gasteiger partial charge in [-0.25, -0.2) is 4.79 Å². The van der Waals surface area contributed by atoms with Crippen LogP contribution in [0.3, 0.4) is 0 Å². The number of carboxylic acids is 1. The van der Waals surface area contributed by atoms with E-state index in [9.17, 15) is 9.59 Å². The fourth-order valence-corrected chi connectivity index (χ4v) is 1.48. The number of carbonyl (C=O) groups excluding carboxylic acids is 1. The molecule has 1 unspecified atom stereocenters. The molecule has 0 aromatic carbocycles. The van der Waals surface area contributed by atoms with Crippen LogP contribution in [-0.2, 0) is 9.59 Å². The minimum absolute atomic E-state index is 0.241. The molecule has 1 fully saturated rings.